The predicted octanol–water partition coefficient (Wildman–Crippen LogP) is 3.33. The number of rotatable bonds is 6. The van der Waals surface area contributed by atoms with Crippen molar-refractivity contribution >= 4 is 40.0 Å². The number of hydrogen-bond donors (Lipinski definition) is 1. The molecule has 3 heterocycles. The number of nitrogens with one attached hydrogen (secondary N) is 1. The van der Waals surface area contributed by atoms with Gasteiger partial charge in [0, 0.05) is 38.8 Å². The Morgan fingerprint density at radius 2 is 2.00 bits per heavy atom. The number of piperazine rings is 1. The van der Waals surface area contributed by atoms with Crippen molar-refractivity contribution in [1.29, 1.82) is 0 Å². The molecule has 1 saturated heterocycles. The van der Waals surface area contributed by atoms with Crippen LogP contribution in [-0.2, 0) is 13.2 Å². The van der Waals surface area contributed by atoms with Gasteiger partial charge in [-0.1, -0.05) is 11.3 Å². The Labute approximate surface area is 150 Å². The number of nitrogens with zero attached hydrogens (tertiary/aromatic N) is 4. The molecule has 0 saturated carbocycles. The Hall–Kier alpha value is -0.800. The fraction of sp³-hybridized carbons (Fsp3) is 0.600. The predicted molar refractivity (Wildman–Crippen MR) is 101 cm³/mol. The van der Waals surface area contributed by atoms with Crippen molar-refractivity contribution in [2.45, 2.75) is 33.1 Å². The van der Waals surface area contributed by atoms with Crippen LogP contribution >= 0.6 is 34.9 Å². The van der Waals surface area contributed by atoms with Gasteiger partial charge in [0.1, 0.15) is 0 Å². The smallest absolute Gasteiger partial charge is 0.204 e. The molecular formula is C15H23N5S3. The summed E-state index contributed by atoms with van der Waals surface area (Å²) in [6.07, 6.45) is 0. The number of hydrogen-bond acceptors (Lipinski definition) is 7. The maximum absolute atomic E-state index is 5.44. The fourth-order valence-electron chi connectivity index (χ4n) is 2.62. The second-order valence-electron chi connectivity index (χ2n) is 6.14. The van der Waals surface area contributed by atoms with Gasteiger partial charge in [-0.2, -0.15) is 11.3 Å². The Kier molecular flexibility index (Phi) is 5.81. The van der Waals surface area contributed by atoms with Crippen LogP contribution in [-0.4, -0.2) is 51.8 Å². The fourth-order valence-corrected chi connectivity index (χ4v) is 4.42. The molecule has 23 heavy (non-hydrogen) atoms. The highest BCUT2D eigenvalue weighted by atomic mass is 32.1. The van der Waals surface area contributed by atoms with Crippen LogP contribution in [0.5, 0.6) is 0 Å². The highest BCUT2D eigenvalue weighted by Gasteiger charge is 2.18. The Balaban J connectivity index is 1.50. The van der Waals surface area contributed by atoms with Gasteiger partial charge in [-0.05, 0) is 48.5 Å². The van der Waals surface area contributed by atoms with E-state index >= 15 is 0 Å². The third-order valence-corrected chi connectivity index (χ3v) is 5.77. The van der Waals surface area contributed by atoms with E-state index in [1.165, 1.54) is 5.56 Å². The van der Waals surface area contributed by atoms with E-state index in [4.69, 9.17) is 12.2 Å². The molecular weight excluding hydrogens is 346 g/mol. The van der Waals surface area contributed by atoms with Crippen LogP contribution in [0, 0.1) is 3.95 Å². The van der Waals surface area contributed by atoms with Crippen LogP contribution in [0.1, 0.15) is 19.4 Å². The van der Waals surface area contributed by atoms with E-state index < -0.39 is 0 Å². The third kappa shape index (κ3) is 4.84. The van der Waals surface area contributed by atoms with Gasteiger partial charge in [0.15, 0.2) is 3.95 Å². The lowest BCUT2D eigenvalue weighted by molar-refractivity contribution is 0.0986. The largest absolute Gasteiger partial charge is 0.358 e. The van der Waals surface area contributed by atoms with Gasteiger partial charge >= 0.3 is 0 Å². The van der Waals surface area contributed by atoms with Crippen molar-refractivity contribution in [3.63, 3.8) is 0 Å². The molecule has 8 heteroatoms. The van der Waals surface area contributed by atoms with Crippen LogP contribution in [0.3, 0.4) is 0 Å². The van der Waals surface area contributed by atoms with Gasteiger partial charge < -0.3 is 5.32 Å². The van der Waals surface area contributed by atoms with E-state index in [0.29, 0.717) is 6.04 Å². The summed E-state index contributed by atoms with van der Waals surface area (Å²) < 4.78 is 2.79. The Morgan fingerprint density at radius 1 is 1.26 bits per heavy atom. The second kappa shape index (κ2) is 7.85. The van der Waals surface area contributed by atoms with E-state index in [2.05, 4.69) is 50.9 Å². The molecule has 0 radical (unpaired) electrons. The molecule has 0 aliphatic carbocycles. The summed E-state index contributed by atoms with van der Waals surface area (Å²) in [4.78, 5) is 4.95. The summed E-state index contributed by atoms with van der Waals surface area (Å²) in [7, 11) is 0. The van der Waals surface area contributed by atoms with Crippen molar-refractivity contribution in [2.75, 3.05) is 31.5 Å². The molecule has 3 rings (SSSR count). The summed E-state index contributed by atoms with van der Waals surface area (Å²) >= 11 is 8.76. The summed E-state index contributed by atoms with van der Waals surface area (Å²) in [5, 5.41) is 13.2. The zero-order chi connectivity index (χ0) is 16.2. The molecule has 2 aromatic rings. The molecule has 0 atom stereocenters. The molecule has 1 aliphatic heterocycles. The van der Waals surface area contributed by atoms with E-state index in [0.717, 1.165) is 48.5 Å². The van der Waals surface area contributed by atoms with Crippen molar-refractivity contribution in [1.82, 2.24) is 19.6 Å². The normalized spacial score (nSPS) is 17.0. The average molecular weight is 370 g/mol. The lowest BCUT2D eigenvalue weighted by Gasteiger charge is -2.34. The molecule has 0 bridgehead atoms. The number of thiophene rings is 1. The third-order valence-electron chi connectivity index (χ3n) is 3.80. The molecule has 0 unspecified atom stereocenters. The highest BCUT2D eigenvalue weighted by molar-refractivity contribution is 7.73. The molecule has 2 aromatic heterocycles. The monoisotopic (exact) mass is 369 g/mol. The van der Waals surface area contributed by atoms with Crippen LogP contribution in [0.4, 0.5) is 5.13 Å². The minimum atomic E-state index is 0.379. The van der Waals surface area contributed by atoms with Crippen LogP contribution in [0.15, 0.2) is 16.8 Å². The molecule has 1 N–H and O–H groups in total. The maximum Gasteiger partial charge on any atom is 0.204 e. The van der Waals surface area contributed by atoms with Crippen molar-refractivity contribution in [3.05, 3.63) is 26.3 Å². The van der Waals surface area contributed by atoms with E-state index in [9.17, 15) is 0 Å². The molecule has 0 spiro atoms. The average Bonchev–Trinajstić information content (AvgIpc) is 3.11. The van der Waals surface area contributed by atoms with Crippen molar-refractivity contribution in [3.8, 4) is 0 Å². The summed E-state index contributed by atoms with van der Waals surface area (Å²) in [6, 6.07) is 2.60. The maximum atomic E-state index is 5.44. The molecule has 5 nitrogen and oxygen atoms in total. The number of aromatic nitrogens is 2. The molecule has 126 valence electrons. The van der Waals surface area contributed by atoms with Crippen molar-refractivity contribution < 1.29 is 0 Å². The first-order chi connectivity index (χ1) is 11.1. The minimum absolute atomic E-state index is 0.379. The van der Waals surface area contributed by atoms with E-state index in [1.807, 2.05) is 4.68 Å². The van der Waals surface area contributed by atoms with E-state index in [-0.39, 0.29) is 0 Å². The first-order valence-corrected chi connectivity index (χ1v) is 10.1. The van der Waals surface area contributed by atoms with Gasteiger partial charge in [0.25, 0.3) is 0 Å². The SMILES string of the molecule is CC(C)Nc1nn(CN2CCN(Cc3ccsc3)CC2)c(=S)s1. The summed E-state index contributed by atoms with van der Waals surface area (Å²) in [5.41, 5.74) is 1.43. The lowest BCUT2D eigenvalue weighted by Crippen LogP contribution is -2.46. The molecule has 0 amide bonds. The quantitative estimate of drug-likeness (QED) is 0.791. The van der Waals surface area contributed by atoms with Crippen LogP contribution in [0.25, 0.3) is 0 Å². The minimum Gasteiger partial charge on any atom is -0.358 e. The zero-order valence-electron chi connectivity index (χ0n) is 13.6. The first-order valence-electron chi connectivity index (χ1n) is 7.90. The van der Waals surface area contributed by atoms with E-state index in [1.54, 1.807) is 22.7 Å². The highest BCUT2D eigenvalue weighted by Crippen LogP contribution is 2.17. The standard InChI is InChI=1S/C15H23N5S3/c1-12(2)16-14-17-20(15(21)23-14)11-19-6-4-18(5-7-19)9-13-3-8-22-10-13/h3,8,10,12H,4-7,9,11H2,1-2H3,(H,16,17). The topological polar surface area (TPSA) is 36.3 Å². The van der Waals surface area contributed by atoms with Gasteiger partial charge in [-0.25, -0.2) is 4.68 Å². The van der Waals surface area contributed by atoms with Gasteiger partial charge in [0.05, 0.1) is 6.67 Å². The summed E-state index contributed by atoms with van der Waals surface area (Å²) in [5.74, 6) is 0. The van der Waals surface area contributed by atoms with Crippen LogP contribution < -0.4 is 5.32 Å². The molecule has 0 aromatic carbocycles. The van der Waals surface area contributed by atoms with Gasteiger partial charge in [-0.3, -0.25) is 9.80 Å². The van der Waals surface area contributed by atoms with Crippen LogP contribution in [0.2, 0.25) is 0 Å². The molecule has 1 fully saturated rings. The van der Waals surface area contributed by atoms with Gasteiger partial charge in [-0.15, -0.1) is 5.10 Å². The summed E-state index contributed by atoms with van der Waals surface area (Å²) in [6.45, 7) is 10.4. The Bertz CT molecular complexity index is 653. The Morgan fingerprint density at radius 3 is 2.65 bits per heavy atom. The first kappa shape index (κ1) is 17.0. The lowest BCUT2D eigenvalue weighted by atomic mass is 10.2. The number of anilines is 1. The van der Waals surface area contributed by atoms with Crippen molar-refractivity contribution in [2.24, 2.45) is 0 Å². The molecule has 1 aliphatic rings. The zero-order valence-corrected chi connectivity index (χ0v) is 16.0. The van der Waals surface area contributed by atoms with Gasteiger partial charge in [0.2, 0.25) is 5.13 Å². The second-order valence-corrected chi connectivity index (χ2v) is 8.54.